The van der Waals surface area contributed by atoms with Gasteiger partial charge in [0.05, 0.1) is 0 Å². The molecule has 0 aromatic rings. The Kier molecular flexibility index (Phi) is 5.26. The van der Waals surface area contributed by atoms with Gasteiger partial charge in [-0.25, -0.2) is 0 Å². The Labute approximate surface area is 63.3 Å². The SMILES string of the molecule is CCC(N)/C=C\C(C)CN. The summed E-state index contributed by atoms with van der Waals surface area (Å²) in [5.74, 6) is 0.456. The van der Waals surface area contributed by atoms with Gasteiger partial charge in [0.2, 0.25) is 0 Å². The van der Waals surface area contributed by atoms with Gasteiger partial charge in [-0.1, -0.05) is 26.0 Å². The van der Waals surface area contributed by atoms with E-state index in [1.165, 1.54) is 0 Å². The van der Waals surface area contributed by atoms with Gasteiger partial charge < -0.3 is 11.5 Å². The van der Waals surface area contributed by atoms with Crippen LogP contribution in [-0.4, -0.2) is 12.6 Å². The fourth-order valence-corrected chi connectivity index (χ4v) is 0.547. The molecule has 0 saturated heterocycles. The maximum Gasteiger partial charge on any atom is 0.0221 e. The van der Waals surface area contributed by atoms with E-state index in [9.17, 15) is 0 Å². The lowest BCUT2D eigenvalue weighted by atomic mass is 10.1. The van der Waals surface area contributed by atoms with Gasteiger partial charge >= 0.3 is 0 Å². The molecule has 0 aliphatic carbocycles. The second-order valence-electron chi connectivity index (χ2n) is 2.67. The first-order valence-electron chi connectivity index (χ1n) is 3.84. The van der Waals surface area contributed by atoms with Crippen molar-refractivity contribution < 1.29 is 0 Å². The van der Waals surface area contributed by atoms with Crippen molar-refractivity contribution >= 4 is 0 Å². The standard InChI is InChI=1S/C8H18N2/c1-3-8(10)5-4-7(2)6-9/h4-5,7-8H,3,6,9-10H2,1-2H3/b5-4-. The van der Waals surface area contributed by atoms with Crippen LogP contribution in [0.25, 0.3) is 0 Å². The van der Waals surface area contributed by atoms with Crippen molar-refractivity contribution in [3.05, 3.63) is 12.2 Å². The zero-order chi connectivity index (χ0) is 7.98. The molecule has 0 aromatic heterocycles. The third kappa shape index (κ3) is 4.53. The summed E-state index contributed by atoms with van der Waals surface area (Å²) in [6.45, 7) is 4.86. The van der Waals surface area contributed by atoms with E-state index >= 15 is 0 Å². The Morgan fingerprint density at radius 3 is 2.40 bits per heavy atom. The molecule has 0 bridgehead atoms. The highest BCUT2D eigenvalue weighted by Gasteiger charge is 1.93. The Balaban J connectivity index is 3.52. The first-order chi connectivity index (χ1) is 4.70. The smallest absolute Gasteiger partial charge is 0.0221 e. The molecule has 0 radical (unpaired) electrons. The number of nitrogens with two attached hydrogens (primary N) is 2. The van der Waals surface area contributed by atoms with Gasteiger partial charge in [0.15, 0.2) is 0 Å². The molecule has 0 saturated carbocycles. The van der Waals surface area contributed by atoms with E-state index in [4.69, 9.17) is 11.5 Å². The van der Waals surface area contributed by atoms with Crippen LogP contribution < -0.4 is 11.5 Å². The van der Waals surface area contributed by atoms with Crippen molar-refractivity contribution in [3.63, 3.8) is 0 Å². The molecule has 0 aliphatic rings. The highest BCUT2D eigenvalue weighted by Crippen LogP contribution is 1.96. The summed E-state index contributed by atoms with van der Waals surface area (Å²) < 4.78 is 0. The summed E-state index contributed by atoms with van der Waals surface area (Å²) in [6.07, 6.45) is 5.10. The van der Waals surface area contributed by atoms with Gasteiger partial charge in [-0.05, 0) is 18.9 Å². The average molecular weight is 142 g/mol. The molecule has 0 fully saturated rings. The third-order valence-corrected chi connectivity index (χ3v) is 1.53. The fraction of sp³-hybridized carbons (Fsp3) is 0.750. The van der Waals surface area contributed by atoms with E-state index in [1.54, 1.807) is 0 Å². The molecule has 60 valence electrons. The first kappa shape index (κ1) is 9.66. The van der Waals surface area contributed by atoms with E-state index in [2.05, 4.69) is 19.9 Å². The van der Waals surface area contributed by atoms with E-state index in [0.29, 0.717) is 12.5 Å². The number of hydrogen-bond donors (Lipinski definition) is 2. The van der Waals surface area contributed by atoms with Crippen LogP contribution in [0.2, 0.25) is 0 Å². The second-order valence-corrected chi connectivity index (χ2v) is 2.67. The van der Waals surface area contributed by atoms with Crippen LogP contribution in [0.1, 0.15) is 20.3 Å². The minimum Gasteiger partial charge on any atom is -0.330 e. The summed E-state index contributed by atoms with van der Waals surface area (Å²) in [7, 11) is 0. The molecule has 0 aromatic carbocycles. The van der Waals surface area contributed by atoms with E-state index in [1.807, 2.05) is 6.08 Å². The topological polar surface area (TPSA) is 52.0 Å². The second kappa shape index (κ2) is 5.45. The largest absolute Gasteiger partial charge is 0.330 e. The molecule has 2 heteroatoms. The van der Waals surface area contributed by atoms with Crippen molar-refractivity contribution in [3.8, 4) is 0 Å². The van der Waals surface area contributed by atoms with Crippen LogP contribution >= 0.6 is 0 Å². The average Bonchev–Trinajstić information content (AvgIpc) is 1.99. The fourth-order valence-electron chi connectivity index (χ4n) is 0.547. The monoisotopic (exact) mass is 142 g/mol. The van der Waals surface area contributed by atoms with Gasteiger partial charge in [-0.2, -0.15) is 0 Å². The zero-order valence-electron chi connectivity index (χ0n) is 6.88. The van der Waals surface area contributed by atoms with E-state index in [-0.39, 0.29) is 6.04 Å². The van der Waals surface area contributed by atoms with Crippen LogP contribution in [0.5, 0.6) is 0 Å². The highest BCUT2D eigenvalue weighted by atomic mass is 14.6. The Morgan fingerprint density at radius 2 is 2.00 bits per heavy atom. The molecular weight excluding hydrogens is 124 g/mol. The lowest BCUT2D eigenvalue weighted by Crippen LogP contribution is -2.16. The summed E-state index contributed by atoms with van der Waals surface area (Å²) in [5, 5.41) is 0. The maximum atomic E-state index is 5.65. The molecule has 4 N–H and O–H groups in total. The Hall–Kier alpha value is -0.340. The van der Waals surface area contributed by atoms with Crippen LogP contribution in [0.15, 0.2) is 12.2 Å². The zero-order valence-corrected chi connectivity index (χ0v) is 6.88. The van der Waals surface area contributed by atoms with Gasteiger partial charge in [-0.3, -0.25) is 0 Å². The lowest BCUT2D eigenvalue weighted by Gasteiger charge is -2.03. The minimum absolute atomic E-state index is 0.203. The van der Waals surface area contributed by atoms with Crippen molar-refractivity contribution in [1.82, 2.24) is 0 Å². The number of rotatable bonds is 4. The quantitative estimate of drug-likeness (QED) is 0.572. The van der Waals surface area contributed by atoms with Crippen LogP contribution in [-0.2, 0) is 0 Å². The van der Waals surface area contributed by atoms with Gasteiger partial charge in [-0.15, -0.1) is 0 Å². The Bertz CT molecular complexity index is 87.4. The van der Waals surface area contributed by atoms with Crippen LogP contribution in [0, 0.1) is 5.92 Å². The van der Waals surface area contributed by atoms with E-state index in [0.717, 1.165) is 6.42 Å². The summed E-state index contributed by atoms with van der Waals surface area (Å²) in [5.41, 5.74) is 11.1. The van der Waals surface area contributed by atoms with Crippen LogP contribution in [0.3, 0.4) is 0 Å². The maximum absolute atomic E-state index is 5.65. The molecule has 2 atom stereocenters. The summed E-state index contributed by atoms with van der Waals surface area (Å²) in [4.78, 5) is 0. The molecule has 0 spiro atoms. The predicted molar refractivity (Wildman–Crippen MR) is 45.6 cm³/mol. The lowest BCUT2D eigenvalue weighted by molar-refractivity contribution is 0.718. The molecule has 0 rings (SSSR count). The predicted octanol–water partition coefficient (Wildman–Crippen LogP) is 0.875. The van der Waals surface area contributed by atoms with Crippen molar-refractivity contribution in [2.45, 2.75) is 26.3 Å². The van der Waals surface area contributed by atoms with Gasteiger partial charge in [0.25, 0.3) is 0 Å². The molecule has 2 unspecified atom stereocenters. The van der Waals surface area contributed by atoms with Crippen LogP contribution in [0.4, 0.5) is 0 Å². The normalized spacial score (nSPS) is 17.6. The molecule has 10 heavy (non-hydrogen) atoms. The van der Waals surface area contributed by atoms with E-state index < -0.39 is 0 Å². The summed E-state index contributed by atoms with van der Waals surface area (Å²) in [6, 6.07) is 0.203. The first-order valence-corrected chi connectivity index (χ1v) is 3.84. The number of hydrogen-bond acceptors (Lipinski definition) is 2. The Morgan fingerprint density at radius 1 is 1.40 bits per heavy atom. The minimum atomic E-state index is 0.203. The molecule has 0 aliphatic heterocycles. The molecule has 0 heterocycles. The molecular formula is C8H18N2. The van der Waals surface area contributed by atoms with Gasteiger partial charge in [0, 0.05) is 6.04 Å². The summed E-state index contributed by atoms with van der Waals surface area (Å²) >= 11 is 0. The molecule has 2 nitrogen and oxygen atoms in total. The third-order valence-electron chi connectivity index (χ3n) is 1.53. The van der Waals surface area contributed by atoms with Crippen molar-refractivity contribution in [1.29, 1.82) is 0 Å². The highest BCUT2D eigenvalue weighted by molar-refractivity contribution is 4.93. The van der Waals surface area contributed by atoms with Crippen molar-refractivity contribution in [2.75, 3.05) is 6.54 Å². The molecule has 0 amide bonds. The van der Waals surface area contributed by atoms with Gasteiger partial charge in [0.1, 0.15) is 0 Å². The van der Waals surface area contributed by atoms with Crippen molar-refractivity contribution in [2.24, 2.45) is 17.4 Å².